The molecular weight excluding hydrogens is 369 g/mol. The summed E-state index contributed by atoms with van der Waals surface area (Å²) in [7, 11) is 0. The first-order chi connectivity index (χ1) is 14.0. The number of benzene rings is 2. The van der Waals surface area contributed by atoms with E-state index in [-0.39, 0.29) is 17.6 Å². The van der Waals surface area contributed by atoms with Crippen LogP contribution in [-0.4, -0.2) is 60.9 Å². The van der Waals surface area contributed by atoms with Crippen molar-refractivity contribution >= 4 is 11.8 Å². The second-order valence-corrected chi connectivity index (χ2v) is 7.46. The van der Waals surface area contributed by atoms with E-state index in [1.54, 1.807) is 4.90 Å². The van der Waals surface area contributed by atoms with E-state index in [1.165, 1.54) is 35.4 Å². The van der Waals surface area contributed by atoms with Gasteiger partial charge >= 0.3 is 0 Å². The van der Waals surface area contributed by atoms with E-state index < -0.39 is 0 Å². The van der Waals surface area contributed by atoms with E-state index in [2.05, 4.69) is 29.3 Å². The molecule has 0 atom stereocenters. The predicted octanol–water partition coefficient (Wildman–Crippen LogP) is 2.64. The van der Waals surface area contributed by atoms with Crippen molar-refractivity contribution < 1.29 is 14.0 Å². The Morgan fingerprint density at radius 2 is 1.76 bits per heavy atom. The summed E-state index contributed by atoms with van der Waals surface area (Å²) in [6.45, 7) is 5.66. The maximum atomic E-state index is 13.1. The first kappa shape index (κ1) is 21.0. The number of nitrogens with zero attached hydrogens (tertiary/aromatic N) is 2. The maximum absolute atomic E-state index is 13.1. The Hall–Kier alpha value is -2.73. The van der Waals surface area contributed by atoms with Crippen LogP contribution in [0.5, 0.6) is 0 Å². The highest BCUT2D eigenvalue weighted by molar-refractivity contribution is 5.94. The smallest absolute Gasteiger partial charge is 0.253 e. The zero-order chi connectivity index (χ0) is 20.6. The Balaban J connectivity index is 1.43. The van der Waals surface area contributed by atoms with Crippen LogP contribution in [0.3, 0.4) is 0 Å². The average Bonchev–Trinajstić information content (AvgIpc) is 2.95. The number of halogens is 1. The van der Waals surface area contributed by atoms with Crippen molar-refractivity contribution in [1.29, 1.82) is 0 Å². The first-order valence-corrected chi connectivity index (χ1v) is 10.1. The van der Waals surface area contributed by atoms with Gasteiger partial charge in [-0.3, -0.25) is 14.5 Å². The second-order valence-electron chi connectivity index (χ2n) is 7.46. The summed E-state index contributed by atoms with van der Waals surface area (Å²) >= 11 is 0. The molecule has 5 nitrogen and oxygen atoms in total. The third-order valence-corrected chi connectivity index (χ3v) is 5.31. The molecule has 1 heterocycles. The third kappa shape index (κ3) is 6.12. The van der Waals surface area contributed by atoms with Gasteiger partial charge in [-0.15, -0.1) is 0 Å². The Bertz CT molecular complexity index is 838. The molecule has 29 heavy (non-hydrogen) atoms. The second kappa shape index (κ2) is 10.2. The van der Waals surface area contributed by atoms with Crippen molar-refractivity contribution in [2.45, 2.75) is 19.8 Å². The summed E-state index contributed by atoms with van der Waals surface area (Å²) in [5.74, 6) is -0.427. The molecule has 0 aromatic heterocycles. The minimum absolute atomic E-state index is 0.0110. The van der Waals surface area contributed by atoms with Crippen molar-refractivity contribution in [3.63, 3.8) is 0 Å². The van der Waals surface area contributed by atoms with Gasteiger partial charge in [-0.2, -0.15) is 0 Å². The fourth-order valence-corrected chi connectivity index (χ4v) is 3.59. The molecule has 0 bridgehead atoms. The van der Waals surface area contributed by atoms with Crippen molar-refractivity contribution in [1.82, 2.24) is 15.1 Å². The normalized spacial score (nSPS) is 15.0. The molecule has 1 N–H and O–H groups in total. The molecule has 2 amide bonds. The average molecular weight is 397 g/mol. The molecule has 2 aromatic rings. The van der Waals surface area contributed by atoms with Crippen LogP contribution in [-0.2, 0) is 11.2 Å². The lowest BCUT2D eigenvalue weighted by atomic mass is 10.1. The highest BCUT2D eigenvalue weighted by Crippen LogP contribution is 2.11. The van der Waals surface area contributed by atoms with Crippen molar-refractivity contribution in [2.75, 3.05) is 39.3 Å². The molecule has 1 saturated heterocycles. The van der Waals surface area contributed by atoms with Crippen molar-refractivity contribution in [3.05, 3.63) is 71.0 Å². The van der Waals surface area contributed by atoms with Crippen LogP contribution in [0.25, 0.3) is 0 Å². The Morgan fingerprint density at radius 3 is 2.52 bits per heavy atom. The summed E-state index contributed by atoms with van der Waals surface area (Å²) in [6.07, 6.45) is 1.63. The van der Waals surface area contributed by atoms with Crippen molar-refractivity contribution in [3.8, 4) is 0 Å². The van der Waals surface area contributed by atoms with Crippen LogP contribution in [0.2, 0.25) is 0 Å². The van der Waals surface area contributed by atoms with E-state index in [9.17, 15) is 14.0 Å². The molecule has 2 aromatic carbocycles. The molecule has 0 saturated carbocycles. The van der Waals surface area contributed by atoms with Crippen molar-refractivity contribution in [2.24, 2.45) is 0 Å². The summed E-state index contributed by atoms with van der Waals surface area (Å²) < 4.78 is 13.1. The summed E-state index contributed by atoms with van der Waals surface area (Å²) in [5, 5.41) is 2.99. The fourth-order valence-electron chi connectivity index (χ4n) is 3.59. The quantitative estimate of drug-likeness (QED) is 0.815. The molecular formula is C23H28FN3O2. The lowest BCUT2D eigenvalue weighted by molar-refractivity contribution is -0.122. The molecule has 3 rings (SSSR count). The van der Waals surface area contributed by atoms with Gasteiger partial charge in [0, 0.05) is 38.3 Å². The van der Waals surface area contributed by atoms with Gasteiger partial charge in [-0.25, -0.2) is 4.39 Å². The van der Waals surface area contributed by atoms with Gasteiger partial charge in [-0.1, -0.05) is 24.3 Å². The molecule has 0 unspecified atom stereocenters. The molecule has 1 fully saturated rings. The Kier molecular flexibility index (Phi) is 7.36. The number of aryl methyl sites for hydroxylation is 1. The lowest BCUT2D eigenvalue weighted by Crippen LogP contribution is -2.40. The lowest BCUT2D eigenvalue weighted by Gasteiger charge is -2.22. The monoisotopic (exact) mass is 397 g/mol. The largest absolute Gasteiger partial charge is 0.355 e. The van der Waals surface area contributed by atoms with Crippen LogP contribution < -0.4 is 5.32 Å². The number of carbonyl (C=O) groups excluding carboxylic acids is 2. The number of nitrogens with one attached hydrogen (secondary N) is 1. The van der Waals surface area contributed by atoms with E-state index in [0.717, 1.165) is 19.4 Å². The topological polar surface area (TPSA) is 52.7 Å². The Labute approximate surface area is 171 Å². The molecule has 0 radical (unpaired) electrons. The van der Waals surface area contributed by atoms with E-state index in [0.29, 0.717) is 38.3 Å². The fraction of sp³-hybridized carbons (Fsp3) is 0.391. The number of amides is 2. The molecule has 0 spiro atoms. The standard InChI is InChI=1S/C23H28FN3O2/c1-18-5-2-3-6-19(18)11-12-25-22(28)17-26-13-4-14-27(16-15-26)23(29)20-7-9-21(24)10-8-20/h2-3,5-10H,4,11-17H2,1H3,(H,25,28). The highest BCUT2D eigenvalue weighted by atomic mass is 19.1. The minimum Gasteiger partial charge on any atom is -0.355 e. The summed E-state index contributed by atoms with van der Waals surface area (Å²) in [4.78, 5) is 28.8. The molecule has 6 heteroatoms. The first-order valence-electron chi connectivity index (χ1n) is 10.1. The number of rotatable bonds is 6. The molecule has 154 valence electrons. The Morgan fingerprint density at radius 1 is 1.00 bits per heavy atom. The summed E-state index contributed by atoms with van der Waals surface area (Å²) in [5.41, 5.74) is 2.98. The van der Waals surface area contributed by atoms with Crippen LogP contribution in [0.15, 0.2) is 48.5 Å². The van der Waals surface area contributed by atoms with Crippen LogP contribution in [0.1, 0.15) is 27.9 Å². The van der Waals surface area contributed by atoms with Crippen LogP contribution >= 0.6 is 0 Å². The van der Waals surface area contributed by atoms with Crippen LogP contribution in [0, 0.1) is 12.7 Å². The number of carbonyl (C=O) groups is 2. The van der Waals surface area contributed by atoms with Crippen LogP contribution in [0.4, 0.5) is 4.39 Å². The zero-order valence-electron chi connectivity index (χ0n) is 16.9. The van der Waals surface area contributed by atoms with Gasteiger partial charge in [0.15, 0.2) is 0 Å². The minimum atomic E-state index is -0.350. The van der Waals surface area contributed by atoms with Gasteiger partial charge in [-0.05, 0) is 55.2 Å². The third-order valence-electron chi connectivity index (χ3n) is 5.31. The van der Waals surface area contributed by atoms with E-state index in [1.807, 2.05) is 12.1 Å². The van der Waals surface area contributed by atoms with E-state index >= 15 is 0 Å². The van der Waals surface area contributed by atoms with Gasteiger partial charge in [0.2, 0.25) is 5.91 Å². The molecule has 1 aliphatic heterocycles. The molecule has 0 aliphatic carbocycles. The SMILES string of the molecule is Cc1ccccc1CCNC(=O)CN1CCCN(C(=O)c2ccc(F)cc2)CC1. The highest BCUT2D eigenvalue weighted by Gasteiger charge is 2.21. The van der Waals surface area contributed by atoms with E-state index in [4.69, 9.17) is 0 Å². The maximum Gasteiger partial charge on any atom is 0.253 e. The van der Waals surface area contributed by atoms with Gasteiger partial charge in [0.1, 0.15) is 5.82 Å². The van der Waals surface area contributed by atoms with Gasteiger partial charge in [0.25, 0.3) is 5.91 Å². The summed E-state index contributed by atoms with van der Waals surface area (Å²) in [6, 6.07) is 13.8. The number of hydrogen-bond acceptors (Lipinski definition) is 3. The molecule has 1 aliphatic rings. The van der Waals surface area contributed by atoms with Gasteiger partial charge < -0.3 is 10.2 Å². The zero-order valence-corrected chi connectivity index (χ0v) is 16.9. The number of hydrogen-bond donors (Lipinski definition) is 1. The predicted molar refractivity (Wildman–Crippen MR) is 111 cm³/mol. The van der Waals surface area contributed by atoms with Gasteiger partial charge in [0.05, 0.1) is 6.54 Å².